The Morgan fingerprint density at radius 3 is 0.955 bits per heavy atom. The summed E-state index contributed by atoms with van der Waals surface area (Å²) in [5, 5.41) is 0. The molecule has 0 aromatic carbocycles. The molecule has 0 aromatic rings. The summed E-state index contributed by atoms with van der Waals surface area (Å²) in [6, 6.07) is 0. The summed E-state index contributed by atoms with van der Waals surface area (Å²) in [5.74, 6) is 0. The Bertz CT molecular complexity index is 310. The van der Waals surface area contributed by atoms with Crippen LogP contribution in [0.1, 0.15) is 119 Å². The van der Waals surface area contributed by atoms with E-state index in [0.717, 1.165) is 21.7 Å². The van der Waals surface area contributed by atoms with E-state index in [-0.39, 0.29) is 0 Å². The van der Waals surface area contributed by atoms with Gasteiger partial charge in [-0.05, 0) is 92.3 Å². The summed E-state index contributed by atoms with van der Waals surface area (Å²) in [6.07, 6.45) is 18.0. The first-order valence-electron chi connectivity index (χ1n) is 10.2. The fourth-order valence-corrected chi connectivity index (χ4v) is 5.74. The van der Waals surface area contributed by atoms with Crippen LogP contribution >= 0.6 is 0 Å². The highest BCUT2D eigenvalue weighted by atomic mass is 14.5. The van der Waals surface area contributed by atoms with Gasteiger partial charge in [0.05, 0.1) is 0 Å². The largest absolute Gasteiger partial charge is 0.0683 e. The van der Waals surface area contributed by atoms with Gasteiger partial charge in [-0.2, -0.15) is 0 Å². The van der Waals surface area contributed by atoms with Crippen molar-refractivity contribution in [3.63, 3.8) is 0 Å². The first kappa shape index (κ1) is 18.3. The van der Waals surface area contributed by atoms with Gasteiger partial charge < -0.3 is 0 Å². The van der Waals surface area contributed by atoms with Crippen molar-refractivity contribution >= 4 is 0 Å². The normalized spacial score (nSPS) is 48.8. The molecule has 0 saturated heterocycles. The second kappa shape index (κ2) is 6.48. The lowest BCUT2D eigenvalue weighted by molar-refractivity contribution is 0.0164. The predicted molar refractivity (Wildman–Crippen MR) is 99.2 cm³/mol. The van der Waals surface area contributed by atoms with Crippen LogP contribution in [-0.2, 0) is 0 Å². The van der Waals surface area contributed by atoms with Crippen LogP contribution in [0, 0.1) is 21.7 Å². The van der Waals surface area contributed by atoms with Crippen LogP contribution in [0.2, 0.25) is 0 Å². The average Bonchev–Trinajstić information content (AvgIpc) is 2.72. The number of hydrogen-bond acceptors (Lipinski definition) is 0. The molecule has 0 heterocycles. The van der Waals surface area contributed by atoms with Crippen LogP contribution in [-0.4, -0.2) is 0 Å². The third kappa shape index (κ3) is 4.09. The maximum absolute atomic E-state index is 2.48. The van der Waals surface area contributed by atoms with Crippen LogP contribution < -0.4 is 0 Å². The third-order valence-electron chi connectivity index (χ3n) is 7.74. The molecule has 0 heteroatoms. The van der Waals surface area contributed by atoms with E-state index in [0.29, 0.717) is 0 Å². The average molecular weight is 307 g/mol. The lowest BCUT2D eigenvalue weighted by Crippen LogP contribution is -2.37. The molecule has 0 amide bonds. The van der Waals surface area contributed by atoms with Crippen molar-refractivity contribution in [2.75, 3.05) is 0 Å². The van der Waals surface area contributed by atoms with Crippen molar-refractivity contribution in [1.29, 1.82) is 0 Å². The van der Waals surface area contributed by atoms with E-state index in [1.807, 2.05) is 13.8 Å². The van der Waals surface area contributed by atoms with E-state index in [4.69, 9.17) is 0 Å². The van der Waals surface area contributed by atoms with E-state index in [1.165, 1.54) is 77.0 Å². The number of hydrogen-bond donors (Lipinski definition) is 0. The molecular weight excluding hydrogens is 264 g/mol. The highest BCUT2D eigenvalue weighted by Gasteiger charge is 2.45. The molecular formula is C22H42. The zero-order valence-corrected chi connectivity index (χ0v) is 16.5. The Labute approximate surface area is 140 Å². The van der Waals surface area contributed by atoms with Crippen LogP contribution in [0.4, 0.5) is 0 Å². The maximum atomic E-state index is 2.48. The minimum absolute atomic E-state index is 0.757. The lowest BCUT2D eigenvalue weighted by atomic mass is 9.55. The quantitative estimate of drug-likeness (QED) is 0.429. The molecule has 0 spiro atoms. The van der Waals surface area contributed by atoms with Crippen LogP contribution in [0.15, 0.2) is 0 Å². The monoisotopic (exact) mass is 306 g/mol. The van der Waals surface area contributed by atoms with E-state index in [9.17, 15) is 0 Å². The van der Waals surface area contributed by atoms with Gasteiger partial charge in [-0.1, -0.05) is 48.0 Å². The van der Waals surface area contributed by atoms with E-state index in [2.05, 4.69) is 27.7 Å². The van der Waals surface area contributed by atoms with Crippen molar-refractivity contribution in [3.05, 3.63) is 0 Å². The van der Waals surface area contributed by atoms with Crippen molar-refractivity contribution in [3.8, 4) is 0 Å². The standard InChI is InChI=1S/2C10H18.C2H6/c1-9-3-6-10(2,7-4-9)8-5-9;1-9-4-3-5-10(2,8-9)7-6-9;1-2/h2*3-8H2,1-2H3;1-2H3. The highest BCUT2D eigenvalue weighted by molar-refractivity contribution is 4.97. The third-order valence-corrected chi connectivity index (χ3v) is 7.74. The summed E-state index contributed by atoms with van der Waals surface area (Å²) in [5.41, 5.74) is 3.04. The molecule has 0 nitrogen and oxygen atoms in total. The van der Waals surface area contributed by atoms with Gasteiger partial charge in [-0.3, -0.25) is 0 Å². The van der Waals surface area contributed by atoms with Crippen molar-refractivity contribution in [2.24, 2.45) is 21.7 Å². The summed E-state index contributed by atoms with van der Waals surface area (Å²) >= 11 is 0. The SMILES string of the molecule is CC.CC12CCC(C)(CC1)CC2.CC12CCCC(C)(CC1)C2. The Morgan fingerprint density at radius 1 is 0.409 bits per heavy atom. The lowest BCUT2D eigenvalue weighted by Gasteiger charge is -2.50. The molecule has 130 valence electrons. The van der Waals surface area contributed by atoms with E-state index >= 15 is 0 Å². The van der Waals surface area contributed by atoms with Crippen molar-refractivity contribution in [2.45, 2.75) is 119 Å². The molecule has 2 atom stereocenters. The van der Waals surface area contributed by atoms with Gasteiger partial charge in [0.15, 0.2) is 0 Å². The van der Waals surface area contributed by atoms with Crippen molar-refractivity contribution in [1.82, 2.24) is 0 Å². The van der Waals surface area contributed by atoms with Gasteiger partial charge in [-0.25, -0.2) is 0 Å². The van der Waals surface area contributed by atoms with Crippen molar-refractivity contribution < 1.29 is 0 Å². The van der Waals surface area contributed by atoms with Crippen LogP contribution in [0.5, 0.6) is 0 Å². The summed E-state index contributed by atoms with van der Waals surface area (Å²) < 4.78 is 0. The molecule has 0 aromatic heterocycles. The van der Waals surface area contributed by atoms with Crippen LogP contribution in [0.3, 0.4) is 0 Å². The molecule has 5 aliphatic carbocycles. The Hall–Kier alpha value is 0. The van der Waals surface area contributed by atoms with E-state index in [1.54, 1.807) is 0 Å². The van der Waals surface area contributed by atoms with Gasteiger partial charge in [0.2, 0.25) is 0 Å². The van der Waals surface area contributed by atoms with E-state index < -0.39 is 0 Å². The topological polar surface area (TPSA) is 0 Å². The molecule has 0 aliphatic heterocycles. The zero-order valence-electron chi connectivity index (χ0n) is 16.5. The summed E-state index contributed by atoms with van der Waals surface area (Å²) in [6.45, 7) is 13.9. The van der Waals surface area contributed by atoms with Crippen LogP contribution in [0.25, 0.3) is 0 Å². The molecule has 0 N–H and O–H groups in total. The minimum Gasteiger partial charge on any atom is -0.0683 e. The maximum Gasteiger partial charge on any atom is -0.0320 e. The predicted octanol–water partition coefficient (Wildman–Crippen LogP) is 7.76. The van der Waals surface area contributed by atoms with Gasteiger partial charge in [0.1, 0.15) is 0 Å². The molecule has 4 bridgehead atoms. The van der Waals surface area contributed by atoms with Gasteiger partial charge in [0, 0.05) is 0 Å². The minimum atomic E-state index is 0.757. The zero-order chi connectivity index (χ0) is 16.5. The molecule has 5 fully saturated rings. The van der Waals surface area contributed by atoms with Gasteiger partial charge in [0.25, 0.3) is 0 Å². The molecule has 2 unspecified atom stereocenters. The molecule has 5 saturated carbocycles. The summed E-state index contributed by atoms with van der Waals surface area (Å²) in [7, 11) is 0. The highest BCUT2D eigenvalue weighted by Crippen LogP contribution is 2.58. The smallest absolute Gasteiger partial charge is 0.0320 e. The first-order chi connectivity index (χ1) is 10.2. The molecule has 5 aliphatic rings. The number of fused-ring (bicyclic) bond motifs is 5. The Kier molecular flexibility index (Phi) is 5.40. The summed E-state index contributed by atoms with van der Waals surface area (Å²) in [4.78, 5) is 0. The fourth-order valence-electron chi connectivity index (χ4n) is 5.74. The van der Waals surface area contributed by atoms with Gasteiger partial charge >= 0.3 is 0 Å². The van der Waals surface area contributed by atoms with Gasteiger partial charge in [-0.15, -0.1) is 0 Å². The Balaban J connectivity index is 0.000000144. The second-order valence-corrected chi connectivity index (χ2v) is 10.3. The molecule has 5 rings (SSSR count). The second-order valence-electron chi connectivity index (χ2n) is 10.3. The fraction of sp³-hybridized carbons (Fsp3) is 1.00. The Morgan fingerprint density at radius 2 is 0.682 bits per heavy atom. The molecule has 22 heavy (non-hydrogen) atoms. The molecule has 0 radical (unpaired) electrons. The first-order valence-corrected chi connectivity index (χ1v) is 10.2. The number of rotatable bonds is 0.